The van der Waals surface area contributed by atoms with E-state index in [0.717, 1.165) is 24.2 Å². The number of nitrogens with zero attached hydrogens (tertiary/aromatic N) is 3. The highest BCUT2D eigenvalue weighted by molar-refractivity contribution is 5.49. The number of aliphatic hydroxyl groups excluding tert-OH is 2. The molecule has 3 aliphatic rings. The van der Waals surface area contributed by atoms with Crippen molar-refractivity contribution in [2.24, 2.45) is 11.8 Å². The molecule has 7 heteroatoms. The third-order valence-electron chi connectivity index (χ3n) is 7.35. The van der Waals surface area contributed by atoms with Gasteiger partial charge in [0.1, 0.15) is 11.9 Å². The van der Waals surface area contributed by atoms with Crippen LogP contribution in [0.25, 0.3) is 0 Å². The summed E-state index contributed by atoms with van der Waals surface area (Å²) in [6, 6.07) is 6.28. The molecule has 0 unspecified atom stereocenters. The second-order valence-electron chi connectivity index (χ2n) is 9.42. The number of para-hydroxylation sites is 1. The molecule has 2 fully saturated rings. The number of aromatic nitrogens is 4. The zero-order valence-corrected chi connectivity index (χ0v) is 17.9. The van der Waals surface area contributed by atoms with E-state index < -0.39 is 12.2 Å². The first-order valence-electron chi connectivity index (χ1n) is 11.7. The Bertz CT molecular complexity index is 894. The van der Waals surface area contributed by atoms with Crippen LogP contribution in [0.1, 0.15) is 67.8 Å². The van der Waals surface area contributed by atoms with Crippen molar-refractivity contribution in [1.29, 1.82) is 0 Å². The number of H-pyrrole nitrogens is 1. The Hall–Kier alpha value is -2.25. The van der Waals surface area contributed by atoms with E-state index in [0.29, 0.717) is 24.6 Å². The first-order valence-corrected chi connectivity index (χ1v) is 11.7. The van der Waals surface area contributed by atoms with Crippen molar-refractivity contribution in [3.63, 3.8) is 0 Å². The van der Waals surface area contributed by atoms with E-state index in [4.69, 9.17) is 4.74 Å². The second kappa shape index (κ2) is 9.09. The number of hydrogen-bond donors (Lipinski definition) is 3. The molecule has 1 aromatic heterocycles. The number of ether oxygens (including phenoxy) is 1. The molecular weight excluding hydrogens is 392 g/mol. The van der Waals surface area contributed by atoms with Gasteiger partial charge < -0.3 is 14.9 Å². The van der Waals surface area contributed by atoms with Crippen LogP contribution in [-0.4, -0.2) is 49.1 Å². The van der Waals surface area contributed by atoms with Crippen molar-refractivity contribution in [2.45, 2.75) is 82.0 Å². The minimum Gasteiger partial charge on any atom is -0.489 e. The maximum atomic E-state index is 10.7. The Morgan fingerprint density at radius 1 is 1.19 bits per heavy atom. The van der Waals surface area contributed by atoms with Gasteiger partial charge in [-0.2, -0.15) is 5.21 Å². The van der Waals surface area contributed by atoms with Crippen molar-refractivity contribution >= 4 is 0 Å². The highest BCUT2D eigenvalue weighted by Crippen LogP contribution is 2.52. The van der Waals surface area contributed by atoms with E-state index in [1.807, 2.05) is 12.2 Å². The number of fused-ring (bicyclic) bond motifs is 3. The van der Waals surface area contributed by atoms with Gasteiger partial charge in [0.25, 0.3) is 0 Å². The third-order valence-corrected chi connectivity index (χ3v) is 7.35. The summed E-state index contributed by atoms with van der Waals surface area (Å²) in [6.07, 6.45) is 12.4. The van der Waals surface area contributed by atoms with E-state index in [2.05, 4.69) is 38.8 Å². The van der Waals surface area contributed by atoms with Crippen molar-refractivity contribution in [3.05, 3.63) is 47.3 Å². The first-order chi connectivity index (χ1) is 15.2. The van der Waals surface area contributed by atoms with Crippen molar-refractivity contribution in [1.82, 2.24) is 20.6 Å². The molecule has 0 amide bonds. The number of hydrogen-bond acceptors (Lipinski definition) is 6. The van der Waals surface area contributed by atoms with Crippen molar-refractivity contribution < 1.29 is 14.9 Å². The van der Waals surface area contributed by atoms with E-state index >= 15 is 0 Å². The number of aliphatic hydroxyl groups is 2. The maximum Gasteiger partial charge on any atom is 0.174 e. The van der Waals surface area contributed by atoms with Crippen molar-refractivity contribution in [2.75, 3.05) is 0 Å². The molecule has 2 heterocycles. The summed E-state index contributed by atoms with van der Waals surface area (Å²) >= 11 is 0. The lowest BCUT2D eigenvalue weighted by atomic mass is 9.84. The Labute approximate surface area is 182 Å². The van der Waals surface area contributed by atoms with Crippen molar-refractivity contribution in [3.8, 4) is 5.75 Å². The van der Waals surface area contributed by atoms with E-state index in [-0.39, 0.29) is 17.9 Å². The molecular formula is C24H32N4O3. The summed E-state index contributed by atoms with van der Waals surface area (Å²) in [5, 5.41) is 35.5. The molecule has 166 valence electrons. The van der Waals surface area contributed by atoms with E-state index in [1.54, 1.807) is 0 Å². The quantitative estimate of drug-likeness (QED) is 0.590. The van der Waals surface area contributed by atoms with Gasteiger partial charge in [0.05, 0.1) is 12.2 Å². The Balaban J connectivity index is 1.28. The number of tetrazole rings is 1. The molecule has 1 aliphatic heterocycles. The standard InChI is InChI=1S/C24H32N4O3/c29-17(13-15-5-2-1-3-6-15)10-11-18-20(30)14-21-23(18)19-8-4-7-16(24(19)31-21)9-12-22-25-27-28-26-22/h4,7-8,10-11,15,17-18,20-21,23,29-30H,1-3,5-6,9,12-14H2,(H,25,26,27,28)/t17-,18+,20-,21+,23+/m1/s1. The number of nitrogens with one attached hydrogen (secondary N) is 1. The smallest absolute Gasteiger partial charge is 0.174 e. The summed E-state index contributed by atoms with van der Waals surface area (Å²) in [7, 11) is 0. The van der Waals surface area contributed by atoms with Gasteiger partial charge in [0.15, 0.2) is 5.82 Å². The van der Waals surface area contributed by atoms with Gasteiger partial charge in [-0.15, -0.1) is 10.2 Å². The minimum absolute atomic E-state index is 0.0125. The highest BCUT2D eigenvalue weighted by atomic mass is 16.5. The molecule has 31 heavy (non-hydrogen) atoms. The van der Waals surface area contributed by atoms with Crippen LogP contribution >= 0.6 is 0 Å². The first kappa shape index (κ1) is 20.6. The number of rotatable bonds is 7. The van der Waals surface area contributed by atoms with Crippen LogP contribution in [0, 0.1) is 11.8 Å². The largest absolute Gasteiger partial charge is 0.489 e. The Morgan fingerprint density at radius 2 is 2.06 bits per heavy atom. The van der Waals surface area contributed by atoms with Crippen LogP contribution in [0.5, 0.6) is 5.75 Å². The number of benzene rings is 1. The number of aryl methyl sites for hydroxylation is 2. The molecule has 2 aromatic rings. The Kier molecular flexibility index (Phi) is 6.05. The molecule has 0 radical (unpaired) electrons. The molecule has 5 rings (SSSR count). The monoisotopic (exact) mass is 424 g/mol. The molecule has 7 nitrogen and oxygen atoms in total. The fraction of sp³-hybridized carbons (Fsp3) is 0.625. The van der Waals surface area contributed by atoms with E-state index in [1.165, 1.54) is 37.7 Å². The lowest BCUT2D eigenvalue weighted by Crippen LogP contribution is -2.18. The molecule has 0 spiro atoms. The summed E-state index contributed by atoms with van der Waals surface area (Å²) in [5.41, 5.74) is 2.31. The normalized spacial score (nSPS) is 29.1. The van der Waals surface area contributed by atoms with Crippen LogP contribution in [0.4, 0.5) is 0 Å². The average molecular weight is 425 g/mol. The second-order valence-corrected chi connectivity index (χ2v) is 9.42. The van der Waals surface area contributed by atoms with Gasteiger partial charge >= 0.3 is 0 Å². The third kappa shape index (κ3) is 4.39. The molecule has 0 saturated heterocycles. The van der Waals surface area contributed by atoms with Gasteiger partial charge in [-0.3, -0.25) is 0 Å². The maximum absolute atomic E-state index is 10.7. The lowest BCUT2D eigenvalue weighted by Gasteiger charge is -2.23. The minimum atomic E-state index is -0.440. The summed E-state index contributed by atoms with van der Waals surface area (Å²) in [5.74, 6) is 2.38. The fourth-order valence-electron chi connectivity index (χ4n) is 5.80. The fourth-order valence-corrected chi connectivity index (χ4v) is 5.80. The van der Waals surface area contributed by atoms with E-state index in [9.17, 15) is 10.2 Å². The number of aromatic amines is 1. The predicted molar refractivity (Wildman–Crippen MR) is 116 cm³/mol. The zero-order valence-electron chi connectivity index (χ0n) is 17.9. The lowest BCUT2D eigenvalue weighted by molar-refractivity contribution is 0.134. The highest BCUT2D eigenvalue weighted by Gasteiger charge is 2.48. The van der Waals surface area contributed by atoms with Crippen LogP contribution in [-0.2, 0) is 12.8 Å². The average Bonchev–Trinajstić information content (AvgIpc) is 3.48. The van der Waals surface area contributed by atoms with Gasteiger partial charge in [0, 0.05) is 30.2 Å². The molecule has 2 saturated carbocycles. The van der Waals surface area contributed by atoms with Crippen LogP contribution in [0.2, 0.25) is 0 Å². The summed E-state index contributed by atoms with van der Waals surface area (Å²) in [4.78, 5) is 0. The molecule has 0 bridgehead atoms. The van der Waals surface area contributed by atoms with Crippen LogP contribution in [0.15, 0.2) is 30.4 Å². The van der Waals surface area contributed by atoms with Crippen LogP contribution < -0.4 is 4.74 Å². The predicted octanol–water partition coefficient (Wildman–Crippen LogP) is 3.10. The molecule has 2 aliphatic carbocycles. The summed E-state index contributed by atoms with van der Waals surface area (Å²) in [6.45, 7) is 0. The summed E-state index contributed by atoms with van der Waals surface area (Å²) < 4.78 is 6.34. The topological polar surface area (TPSA) is 104 Å². The zero-order chi connectivity index (χ0) is 21.2. The van der Waals surface area contributed by atoms with Gasteiger partial charge in [-0.05, 0) is 24.3 Å². The molecule has 3 N–H and O–H groups in total. The Morgan fingerprint density at radius 3 is 2.87 bits per heavy atom. The molecule has 1 aromatic carbocycles. The van der Waals surface area contributed by atoms with Crippen LogP contribution in [0.3, 0.4) is 0 Å². The van der Waals surface area contributed by atoms with Gasteiger partial charge in [-0.1, -0.05) is 67.7 Å². The van der Waals surface area contributed by atoms with Gasteiger partial charge in [-0.25, -0.2) is 0 Å². The molecule has 5 atom stereocenters. The van der Waals surface area contributed by atoms with Gasteiger partial charge in [0.2, 0.25) is 0 Å². The SMILES string of the molecule is O[C@H](C=C[C@@H]1[C@H]2c3cccc(CCc4nn[nH]n4)c3O[C@H]2C[C@H]1O)CC1CCCCC1.